The Bertz CT molecular complexity index is 690. The molecule has 1 atom stereocenters. The normalized spacial score (nSPS) is 16.3. The van der Waals surface area contributed by atoms with E-state index >= 15 is 0 Å². The van der Waals surface area contributed by atoms with Crippen molar-refractivity contribution in [1.29, 1.82) is 0 Å². The number of ether oxygens (including phenoxy) is 1. The number of halogens is 2. The summed E-state index contributed by atoms with van der Waals surface area (Å²) in [4.78, 5) is 24.2. The molecule has 1 aliphatic heterocycles. The van der Waals surface area contributed by atoms with Crippen molar-refractivity contribution in [1.82, 2.24) is 0 Å². The molecule has 0 aromatic heterocycles. The summed E-state index contributed by atoms with van der Waals surface area (Å²) in [6, 6.07) is 4.96. The van der Waals surface area contributed by atoms with Crippen LogP contribution in [0.4, 0.5) is 8.78 Å². The van der Waals surface area contributed by atoms with Gasteiger partial charge in [0.2, 0.25) is 0 Å². The molecule has 0 fully saturated rings. The van der Waals surface area contributed by atoms with Crippen LogP contribution in [-0.2, 0) is 16.0 Å². The quantitative estimate of drug-likeness (QED) is 0.364. The van der Waals surface area contributed by atoms with Crippen LogP contribution in [0.1, 0.15) is 68.3 Å². The Kier molecular flexibility index (Phi) is 7.98. The van der Waals surface area contributed by atoms with Crippen molar-refractivity contribution in [3.63, 3.8) is 0 Å². The number of benzene rings is 1. The maximum absolute atomic E-state index is 13.0. The summed E-state index contributed by atoms with van der Waals surface area (Å²) in [6.45, 7) is 3.10. The van der Waals surface area contributed by atoms with Crippen LogP contribution in [-0.4, -0.2) is 36.4 Å². The second kappa shape index (κ2) is 10.0. The van der Waals surface area contributed by atoms with Crippen LogP contribution in [0.25, 0.3) is 0 Å². The van der Waals surface area contributed by atoms with Gasteiger partial charge in [0.15, 0.2) is 0 Å². The number of Topliss-reactive ketones (excluding diaryl/α,β-unsaturated/α-hetero) is 1. The number of hydrogen-bond acceptors (Lipinski definition) is 5. The predicted octanol–water partition coefficient (Wildman–Crippen LogP) is 4.21. The molecule has 0 unspecified atom stereocenters. The molecule has 1 heterocycles. The summed E-state index contributed by atoms with van der Waals surface area (Å²) < 4.78 is 36.8. The van der Waals surface area contributed by atoms with E-state index in [1.807, 2.05) is 0 Å². The highest BCUT2D eigenvalue weighted by Gasteiger charge is 2.39. The molecule has 2 rings (SSSR count). The Hall–Kier alpha value is -1.96. The van der Waals surface area contributed by atoms with Crippen molar-refractivity contribution in [3.8, 4) is 5.75 Å². The number of hydrogen-bond donors (Lipinski definition) is 1. The Labute approximate surface area is 164 Å². The first-order valence-electron chi connectivity index (χ1n) is 9.74. The number of carbonyl (C=O) groups excluding carboxylic acids is 2. The molecule has 1 aromatic carbocycles. The number of unbranched alkanes of at least 4 members (excludes halogenated alkanes) is 3. The molecule has 1 aliphatic rings. The lowest BCUT2D eigenvalue weighted by molar-refractivity contribution is -0.125. The van der Waals surface area contributed by atoms with E-state index in [9.17, 15) is 23.4 Å². The van der Waals surface area contributed by atoms with Crippen LogP contribution < -0.4 is 4.65 Å². The van der Waals surface area contributed by atoms with E-state index in [4.69, 9.17) is 9.39 Å². The maximum atomic E-state index is 13.0. The van der Waals surface area contributed by atoms with Gasteiger partial charge in [-0.3, -0.25) is 4.79 Å². The van der Waals surface area contributed by atoms with E-state index in [0.717, 1.165) is 25.7 Å². The summed E-state index contributed by atoms with van der Waals surface area (Å²) in [6.07, 6.45) is 3.12. The largest absolute Gasteiger partial charge is 0.535 e. The van der Waals surface area contributed by atoms with Gasteiger partial charge in [-0.1, -0.05) is 38.3 Å². The van der Waals surface area contributed by atoms with Gasteiger partial charge in [0.1, 0.15) is 17.1 Å². The monoisotopic (exact) mass is 396 g/mol. The average Bonchev–Trinajstić information content (AvgIpc) is 2.60. The number of alkyl halides is 2. The summed E-state index contributed by atoms with van der Waals surface area (Å²) in [5.41, 5.74) is 0.865. The lowest BCUT2D eigenvalue weighted by atomic mass is 9.64. The maximum Gasteiger partial charge on any atom is 0.526 e. The topological polar surface area (TPSA) is 72.8 Å². The van der Waals surface area contributed by atoms with Gasteiger partial charge in [-0.2, -0.15) is 0 Å². The van der Waals surface area contributed by atoms with Crippen LogP contribution in [0.2, 0.25) is 5.82 Å². The predicted molar refractivity (Wildman–Crippen MR) is 102 cm³/mol. The number of esters is 1. The van der Waals surface area contributed by atoms with Crippen molar-refractivity contribution in [2.24, 2.45) is 0 Å². The van der Waals surface area contributed by atoms with Crippen molar-refractivity contribution < 1.29 is 32.8 Å². The van der Waals surface area contributed by atoms with Crippen LogP contribution in [0, 0.1) is 0 Å². The SMILES string of the molecule is CCCCCCOC(=O)c1cccc2c1OB(O)[C@@H](CC(=O)CC(C)(F)F)C2. The van der Waals surface area contributed by atoms with Crippen LogP contribution >= 0.6 is 0 Å². The Morgan fingerprint density at radius 1 is 1.32 bits per heavy atom. The summed E-state index contributed by atoms with van der Waals surface area (Å²) in [5.74, 6) is -4.64. The molecule has 1 aromatic rings. The Balaban J connectivity index is 2.01. The van der Waals surface area contributed by atoms with Gasteiger partial charge in [-0.25, -0.2) is 13.6 Å². The van der Waals surface area contributed by atoms with E-state index in [0.29, 0.717) is 19.1 Å². The van der Waals surface area contributed by atoms with Crippen molar-refractivity contribution >= 4 is 18.9 Å². The molecular weight excluding hydrogens is 369 g/mol. The molecule has 28 heavy (non-hydrogen) atoms. The van der Waals surface area contributed by atoms with Crippen LogP contribution in [0.5, 0.6) is 5.75 Å². The second-order valence-electron chi connectivity index (χ2n) is 7.45. The summed E-state index contributed by atoms with van der Waals surface area (Å²) >= 11 is 0. The first-order valence-corrected chi connectivity index (χ1v) is 9.74. The zero-order valence-electron chi connectivity index (χ0n) is 16.4. The van der Waals surface area contributed by atoms with E-state index in [2.05, 4.69) is 6.92 Å². The van der Waals surface area contributed by atoms with E-state index in [-0.39, 0.29) is 24.2 Å². The number of carbonyl (C=O) groups is 2. The molecule has 0 saturated carbocycles. The fourth-order valence-corrected chi connectivity index (χ4v) is 3.30. The lowest BCUT2D eigenvalue weighted by Gasteiger charge is -2.28. The zero-order chi connectivity index (χ0) is 20.7. The second-order valence-corrected chi connectivity index (χ2v) is 7.45. The first kappa shape index (κ1) is 22.3. The minimum Gasteiger partial charge on any atom is -0.535 e. The highest BCUT2D eigenvalue weighted by molar-refractivity contribution is 6.47. The molecule has 0 saturated heterocycles. The van der Waals surface area contributed by atoms with E-state index < -0.39 is 37.0 Å². The van der Waals surface area contributed by atoms with Gasteiger partial charge in [0.25, 0.3) is 5.92 Å². The van der Waals surface area contributed by atoms with Gasteiger partial charge in [0.05, 0.1) is 13.0 Å². The minimum atomic E-state index is -3.08. The molecular formula is C20H27BF2O5. The Morgan fingerprint density at radius 2 is 2.07 bits per heavy atom. The summed E-state index contributed by atoms with van der Waals surface area (Å²) in [7, 11) is -1.35. The highest BCUT2D eigenvalue weighted by atomic mass is 19.3. The third kappa shape index (κ3) is 6.58. The molecule has 0 amide bonds. The number of rotatable bonds is 10. The van der Waals surface area contributed by atoms with Crippen LogP contribution in [0.3, 0.4) is 0 Å². The summed E-state index contributed by atoms with van der Waals surface area (Å²) in [5, 5.41) is 10.2. The van der Waals surface area contributed by atoms with Gasteiger partial charge >= 0.3 is 13.1 Å². The minimum absolute atomic E-state index is 0.212. The van der Waals surface area contributed by atoms with Crippen molar-refractivity contribution in [2.75, 3.05) is 6.61 Å². The van der Waals surface area contributed by atoms with Gasteiger partial charge in [-0.05, 0) is 31.4 Å². The average molecular weight is 396 g/mol. The number of para-hydroxylation sites is 1. The third-order valence-electron chi connectivity index (χ3n) is 4.67. The smallest absolute Gasteiger partial charge is 0.526 e. The number of ketones is 1. The molecule has 0 spiro atoms. The standard InChI is InChI=1S/C20H27BF2O5/c1-3-4-5-6-10-27-19(25)17-9-7-8-14-11-15(21(26)28-18(14)17)12-16(24)13-20(2,22)23/h7-9,15,26H,3-6,10-13H2,1-2H3/t15-/m1/s1. The fourth-order valence-electron chi connectivity index (χ4n) is 3.30. The van der Waals surface area contributed by atoms with Crippen molar-refractivity contribution in [3.05, 3.63) is 29.3 Å². The molecule has 0 radical (unpaired) electrons. The molecule has 154 valence electrons. The molecule has 0 aliphatic carbocycles. The molecule has 0 bridgehead atoms. The molecule has 8 heteroatoms. The van der Waals surface area contributed by atoms with Gasteiger partial charge in [-0.15, -0.1) is 0 Å². The van der Waals surface area contributed by atoms with Gasteiger partial charge in [0, 0.05) is 12.2 Å². The zero-order valence-corrected chi connectivity index (χ0v) is 16.4. The fraction of sp³-hybridized carbons (Fsp3) is 0.600. The van der Waals surface area contributed by atoms with Gasteiger partial charge < -0.3 is 14.4 Å². The third-order valence-corrected chi connectivity index (χ3v) is 4.67. The van der Waals surface area contributed by atoms with Crippen molar-refractivity contribution in [2.45, 2.75) is 70.5 Å². The van der Waals surface area contributed by atoms with E-state index in [1.54, 1.807) is 18.2 Å². The van der Waals surface area contributed by atoms with E-state index in [1.165, 1.54) is 0 Å². The van der Waals surface area contributed by atoms with Crippen LogP contribution in [0.15, 0.2) is 18.2 Å². The number of fused-ring (bicyclic) bond motifs is 1. The molecule has 1 N–H and O–H groups in total. The Morgan fingerprint density at radius 3 is 2.75 bits per heavy atom. The highest BCUT2D eigenvalue weighted by Crippen LogP contribution is 2.37. The molecule has 5 nitrogen and oxygen atoms in total. The first-order chi connectivity index (χ1) is 13.2. The lowest BCUT2D eigenvalue weighted by Crippen LogP contribution is -2.36.